The van der Waals surface area contributed by atoms with E-state index in [1.807, 2.05) is 18.2 Å². The molecule has 2 heterocycles. The number of rotatable bonds is 1. The molecular weight excluding hydrogens is 283 g/mol. The van der Waals surface area contributed by atoms with Gasteiger partial charge in [0.05, 0.1) is 17.8 Å². The summed E-state index contributed by atoms with van der Waals surface area (Å²) in [4.78, 5) is 16.6. The molecule has 2 aromatic carbocycles. The van der Waals surface area contributed by atoms with Crippen molar-refractivity contribution in [3.63, 3.8) is 0 Å². The quantitative estimate of drug-likeness (QED) is 0.811. The maximum absolute atomic E-state index is 13.9. The zero-order valence-corrected chi connectivity index (χ0v) is 12.0. The van der Waals surface area contributed by atoms with Crippen molar-refractivity contribution in [2.45, 2.75) is 0 Å². The van der Waals surface area contributed by atoms with Gasteiger partial charge in [-0.3, -0.25) is 4.79 Å². The van der Waals surface area contributed by atoms with E-state index in [4.69, 9.17) is 4.74 Å². The Morgan fingerprint density at radius 3 is 2.77 bits per heavy atom. The average molecular weight is 298 g/mol. The second-order valence-electron chi connectivity index (χ2n) is 5.40. The van der Waals surface area contributed by atoms with Gasteiger partial charge in [-0.1, -0.05) is 18.2 Å². The van der Waals surface area contributed by atoms with E-state index in [-0.39, 0.29) is 11.5 Å². The van der Waals surface area contributed by atoms with Gasteiger partial charge in [0.1, 0.15) is 23.9 Å². The van der Waals surface area contributed by atoms with Crippen molar-refractivity contribution < 1.29 is 13.9 Å². The van der Waals surface area contributed by atoms with Crippen molar-refractivity contribution >= 4 is 17.3 Å². The Morgan fingerprint density at radius 1 is 1.05 bits per heavy atom. The molecule has 22 heavy (non-hydrogen) atoms. The molecule has 0 unspecified atom stereocenters. The molecule has 0 fully saturated rings. The number of carbonyl (C=O) groups excluding carboxylic acids is 1. The Balaban J connectivity index is 1.78. The van der Waals surface area contributed by atoms with Crippen LogP contribution in [0, 0.1) is 5.82 Å². The third-order valence-corrected chi connectivity index (χ3v) is 4.15. The molecular formula is C17H15FN2O2. The Kier molecular flexibility index (Phi) is 2.99. The van der Waals surface area contributed by atoms with Gasteiger partial charge < -0.3 is 14.5 Å². The molecule has 0 saturated carbocycles. The summed E-state index contributed by atoms with van der Waals surface area (Å²) < 4.78 is 19.6. The number of benzene rings is 2. The number of para-hydroxylation sites is 1. The van der Waals surface area contributed by atoms with Gasteiger partial charge in [-0.15, -0.1) is 0 Å². The fourth-order valence-electron chi connectivity index (χ4n) is 3.10. The van der Waals surface area contributed by atoms with Gasteiger partial charge in [0, 0.05) is 13.1 Å². The standard InChI is InChI=1S/C17H15FN2O2/c18-13-5-2-1-4-12(13)17(21)20-9-8-19-10-11-22-15-7-3-6-14(20)16(15)19/h1-7H,8-11H2. The Morgan fingerprint density at radius 2 is 1.91 bits per heavy atom. The van der Waals surface area contributed by atoms with Crippen LogP contribution in [0.4, 0.5) is 15.8 Å². The lowest BCUT2D eigenvalue weighted by atomic mass is 10.1. The Labute approximate surface area is 127 Å². The van der Waals surface area contributed by atoms with Gasteiger partial charge in [0.25, 0.3) is 5.91 Å². The first-order chi connectivity index (χ1) is 10.8. The van der Waals surface area contributed by atoms with Crippen molar-refractivity contribution in [3.05, 3.63) is 53.8 Å². The van der Waals surface area contributed by atoms with Crippen LogP contribution in [0.1, 0.15) is 10.4 Å². The van der Waals surface area contributed by atoms with E-state index in [9.17, 15) is 9.18 Å². The second kappa shape index (κ2) is 5.02. The fraction of sp³-hybridized carbons (Fsp3) is 0.235. The molecule has 4 nitrogen and oxygen atoms in total. The SMILES string of the molecule is O=C(c1ccccc1F)N1CCN2CCOc3cccc1c32. The van der Waals surface area contributed by atoms with E-state index < -0.39 is 5.82 Å². The summed E-state index contributed by atoms with van der Waals surface area (Å²) in [7, 11) is 0. The normalized spacial score (nSPS) is 16.0. The number of hydrogen-bond acceptors (Lipinski definition) is 3. The molecule has 2 aromatic rings. The van der Waals surface area contributed by atoms with Crippen LogP contribution in [0.5, 0.6) is 5.75 Å². The van der Waals surface area contributed by atoms with Crippen molar-refractivity contribution in [1.29, 1.82) is 0 Å². The smallest absolute Gasteiger partial charge is 0.261 e. The number of ether oxygens (including phenoxy) is 1. The van der Waals surface area contributed by atoms with Crippen LogP contribution >= 0.6 is 0 Å². The number of halogens is 1. The van der Waals surface area contributed by atoms with Crippen molar-refractivity contribution in [1.82, 2.24) is 0 Å². The Hall–Kier alpha value is -2.56. The van der Waals surface area contributed by atoms with Gasteiger partial charge in [0.2, 0.25) is 0 Å². The first-order valence-corrected chi connectivity index (χ1v) is 7.33. The lowest BCUT2D eigenvalue weighted by Gasteiger charge is -2.41. The summed E-state index contributed by atoms with van der Waals surface area (Å²) in [6.45, 7) is 2.74. The first-order valence-electron chi connectivity index (χ1n) is 7.33. The van der Waals surface area contributed by atoms with E-state index in [0.29, 0.717) is 13.2 Å². The summed E-state index contributed by atoms with van der Waals surface area (Å²) in [5.74, 6) is -0.0116. The average Bonchev–Trinajstić information content (AvgIpc) is 2.56. The first kappa shape index (κ1) is 13.1. The third-order valence-electron chi connectivity index (χ3n) is 4.15. The number of carbonyl (C=O) groups is 1. The van der Waals surface area contributed by atoms with Gasteiger partial charge in [-0.2, -0.15) is 0 Å². The fourth-order valence-corrected chi connectivity index (χ4v) is 3.10. The summed E-state index contributed by atoms with van der Waals surface area (Å²) in [6, 6.07) is 11.8. The highest BCUT2D eigenvalue weighted by Gasteiger charge is 2.32. The molecule has 0 aliphatic carbocycles. The van der Waals surface area contributed by atoms with Gasteiger partial charge in [-0.25, -0.2) is 4.39 Å². The highest BCUT2D eigenvalue weighted by Crippen LogP contribution is 2.43. The number of anilines is 2. The van der Waals surface area contributed by atoms with E-state index in [1.54, 1.807) is 17.0 Å². The van der Waals surface area contributed by atoms with E-state index in [1.165, 1.54) is 12.1 Å². The van der Waals surface area contributed by atoms with Crippen molar-refractivity contribution in [2.24, 2.45) is 0 Å². The number of hydrogen-bond donors (Lipinski definition) is 0. The molecule has 0 bridgehead atoms. The monoisotopic (exact) mass is 298 g/mol. The van der Waals surface area contributed by atoms with Gasteiger partial charge >= 0.3 is 0 Å². The molecule has 1 amide bonds. The van der Waals surface area contributed by atoms with Crippen LogP contribution in [0.25, 0.3) is 0 Å². The number of nitrogens with zero attached hydrogens (tertiary/aromatic N) is 2. The highest BCUT2D eigenvalue weighted by molar-refractivity contribution is 6.09. The van der Waals surface area contributed by atoms with Crippen LogP contribution in [0.2, 0.25) is 0 Å². The molecule has 0 N–H and O–H groups in total. The van der Waals surface area contributed by atoms with Gasteiger partial charge in [0.15, 0.2) is 0 Å². The van der Waals surface area contributed by atoms with Gasteiger partial charge in [-0.05, 0) is 24.3 Å². The van der Waals surface area contributed by atoms with Crippen LogP contribution in [-0.4, -0.2) is 32.1 Å². The van der Waals surface area contributed by atoms with Crippen LogP contribution in [0.15, 0.2) is 42.5 Å². The lowest BCUT2D eigenvalue weighted by Crippen LogP contribution is -2.47. The van der Waals surface area contributed by atoms with Crippen molar-refractivity contribution in [2.75, 3.05) is 36.0 Å². The minimum Gasteiger partial charge on any atom is -0.489 e. The molecule has 0 spiro atoms. The zero-order valence-electron chi connectivity index (χ0n) is 12.0. The molecule has 0 radical (unpaired) electrons. The van der Waals surface area contributed by atoms with E-state index in [2.05, 4.69) is 4.90 Å². The predicted molar refractivity (Wildman–Crippen MR) is 82.2 cm³/mol. The zero-order chi connectivity index (χ0) is 15.1. The van der Waals surface area contributed by atoms with Crippen LogP contribution in [-0.2, 0) is 0 Å². The van der Waals surface area contributed by atoms with E-state index >= 15 is 0 Å². The molecule has 2 aliphatic rings. The third kappa shape index (κ3) is 1.93. The van der Waals surface area contributed by atoms with Crippen molar-refractivity contribution in [3.8, 4) is 5.75 Å². The molecule has 112 valence electrons. The van der Waals surface area contributed by atoms with Crippen LogP contribution in [0.3, 0.4) is 0 Å². The molecule has 0 saturated heterocycles. The van der Waals surface area contributed by atoms with Crippen LogP contribution < -0.4 is 14.5 Å². The maximum Gasteiger partial charge on any atom is 0.261 e. The maximum atomic E-state index is 13.9. The minimum atomic E-state index is -0.490. The molecule has 4 rings (SSSR count). The minimum absolute atomic E-state index is 0.102. The molecule has 0 atom stereocenters. The number of amides is 1. The molecule has 0 aromatic heterocycles. The summed E-state index contributed by atoms with van der Waals surface area (Å²) >= 11 is 0. The molecule has 2 aliphatic heterocycles. The highest BCUT2D eigenvalue weighted by atomic mass is 19.1. The second-order valence-corrected chi connectivity index (χ2v) is 5.40. The predicted octanol–water partition coefficient (Wildman–Crippen LogP) is 2.68. The largest absolute Gasteiger partial charge is 0.489 e. The topological polar surface area (TPSA) is 32.8 Å². The Bertz CT molecular complexity index is 747. The summed E-state index contributed by atoms with van der Waals surface area (Å²) in [6.07, 6.45) is 0. The summed E-state index contributed by atoms with van der Waals surface area (Å²) in [5.41, 5.74) is 1.83. The molecule has 5 heteroatoms. The lowest BCUT2D eigenvalue weighted by molar-refractivity contribution is 0.0982. The summed E-state index contributed by atoms with van der Waals surface area (Å²) in [5, 5.41) is 0. The van der Waals surface area contributed by atoms with E-state index in [0.717, 1.165) is 30.2 Å².